The monoisotopic (exact) mass is 373 g/mol. The van der Waals surface area contributed by atoms with E-state index in [4.69, 9.17) is 0 Å². The van der Waals surface area contributed by atoms with Crippen molar-refractivity contribution in [3.63, 3.8) is 0 Å². The van der Waals surface area contributed by atoms with Crippen molar-refractivity contribution >= 4 is 17.7 Å². The van der Waals surface area contributed by atoms with Gasteiger partial charge in [0.2, 0.25) is 5.91 Å². The molecule has 142 valence electrons. The zero-order valence-electron chi connectivity index (χ0n) is 16.4. The van der Waals surface area contributed by atoms with Crippen LogP contribution in [0.2, 0.25) is 0 Å². The van der Waals surface area contributed by atoms with Crippen LogP contribution in [0.4, 0.5) is 0 Å². The molecule has 0 fully saturated rings. The molecule has 5 heteroatoms. The molecule has 0 aliphatic carbocycles. The van der Waals surface area contributed by atoms with E-state index in [-0.39, 0.29) is 5.91 Å². The Kier molecular flexibility index (Phi) is 8.23. The van der Waals surface area contributed by atoms with Crippen LogP contribution in [0.15, 0.2) is 35.2 Å². The van der Waals surface area contributed by atoms with Gasteiger partial charge in [0.1, 0.15) is 0 Å². The van der Waals surface area contributed by atoms with Crippen molar-refractivity contribution < 1.29 is 4.79 Å². The first-order valence-corrected chi connectivity index (χ1v) is 10.4. The summed E-state index contributed by atoms with van der Waals surface area (Å²) in [4.78, 5) is 13.4. The van der Waals surface area contributed by atoms with E-state index in [1.165, 1.54) is 16.2 Å². The topological polar surface area (TPSA) is 46.9 Å². The molecule has 1 amide bonds. The second-order valence-corrected chi connectivity index (χ2v) is 8.26. The highest BCUT2D eigenvalue weighted by atomic mass is 32.2. The van der Waals surface area contributed by atoms with E-state index < -0.39 is 0 Å². The Hall–Kier alpha value is -1.75. The number of thioether (sulfide) groups is 1. The quantitative estimate of drug-likeness (QED) is 0.496. The number of hydrogen-bond donors (Lipinski definition) is 1. The molecule has 2 rings (SSSR count). The van der Waals surface area contributed by atoms with E-state index in [1.807, 2.05) is 24.8 Å². The Morgan fingerprint density at radius 1 is 1.23 bits per heavy atom. The number of aryl methyl sites for hydroxylation is 1. The van der Waals surface area contributed by atoms with Crippen LogP contribution in [-0.2, 0) is 17.8 Å². The van der Waals surface area contributed by atoms with Gasteiger partial charge in [0.15, 0.2) is 0 Å². The maximum Gasteiger partial charge on any atom is 0.220 e. The molecule has 0 aliphatic rings. The normalized spacial score (nSPS) is 11.1. The molecule has 1 N–H and O–H groups in total. The molecule has 1 aromatic carbocycles. The van der Waals surface area contributed by atoms with Gasteiger partial charge in [0.25, 0.3) is 0 Å². The van der Waals surface area contributed by atoms with Crippen LogP contribution in [0.3, 0.4) is 0 Å². The van der Waals surface area contributed by atoms with Crippen molar-refractivity contribution in [2.45, 2.75) is 58.4 Å². The van der Waals surface area contributed by atoms with Crippen molar-refractivity contribution in [1.82, 2.24) is 15.1 Å². The first kappa shape index (κ1) is 20.6. The largest absolute Gasteiger partial charge is 0.356 e. The molecule has 1 aromatic heterocycles. The van der Waals surface area contributed by atoms with Crippen molar-refractivity contribution in [2.24, 2.45) is 5.92 Å². The van der Waals surface area contributed by atoms with Crippen LogP contribution >= 0.6 is 11.8 Å². The highest BCUT2D eigenvalue weighted by Gasteiger charge is 2.13. The third-order valence-electron chi connectivity index (χ3n) is 4.33. The number of carbonyl (C=O) groups is 1. The molecule has 26 heavy (non-hydrogen) atoms. The molecule has 2 aromatic rings. The summed E-state index contributed by atoms with van der Waals surface area (Å²) in [5.74, 6) is 1.72. The lowest BCUT2D eigenvalue weighted by Crippen LogP contribution is -2.25. The predicted octanol–water partition coefficient (Wildman–Crippen LogP) is 4.39. The van der Waals surface area contributed by atoms with Crippen LogP contribution in [0.1, 0.15) is 43.6 Å². The van der Waals surface area contributed by atoms with Gasteiger partial charge >= 0.3 is 0 Å². The summed E-state index contributed by atoms with van der Waals surface area (Å²) in [5, 5.41) is 7.66. The summed E-state index contributed by atoms with van der Waals surface area (Å²) < 4.78 is 2.08. The van der Waals surface area contributed by atoms with Gasteiger partial charge in [-0.3, -0.25) is 9.48 Å². The SMILES string of the molecule is Cc1nn(CC(C)C)c(C)c1CCC(=O)NCCCSc1ccccc1. The summed E-state index contributed by atoms with van der Waals surface area (Å²) in [7, 11) is 0. The van der Waals surface area contributed by atoms with Crippen LogP contribution in [0, 0.1) is 19.8 Å². The average molecular weight is 374 g/mol. The van der Waals surface area contributed by atoms with Crippen molar-refractivity contribution in [2.75, 3.05) is 12.3 Å². The second-order valence-electron chi connectivity index (χ2n) is 7.09. The number of carbonyl (C=O) groups excluding carboxylic acids is 1. The number of aromatic nitrogens is 2. The number of amides is 1. The Bertz CT molecular complexity index is 695. The van der Waals surface area contributed by atoms with E-state index >= 15 is 0 Å². The summed E-state index contributed by atoms with van der Waals surface area (Å²) in [6, 6.07) is 10.4. The molecule has 0 spiro atoms. The van der Waals surface area contributed by atoms with Gasteiger partial charge in [-0.2, -0.15) is 5.10 Å². The summed E-state index contributed by atoms with van der Waals surface area (Å²) in [5.41, 5.74) is 3.47. The zero-order valence-corrected chi connectivity index (χ0v) is 17.2. The molecule has 0 radical (unpaired) electrons. The molecule has 0 saturated carbocycles. The van der Waals surface area contributed by atoms with Gasteiger partial charge in [-0.15, -0.1) is 11.8 Å². The van der Waals surface area contributed by atoms with Gasteiger partial charge in [-0.25, -0.2) is 0 Å². The first-order valence-electron chi connectivity index (χ1n) is 9.44. The highest BCUT2D eigenvalue weighted by Crippen LogP contribution is 2.18. The zero-order chi connectivity index (χ0) is 18.9. The number of nitrogens with zero attached hydrogens (tertiary/aromatic N) is 2. The summed E-state index contributed by atoms with van der Waals surface area (Å²) in [6.45, 7) is 10.2. The molecule has 0 atom stereocenters. The molecule has 0 saturated heterocycles. The lowest BCUT2D eigenvalue weighted by atomic mass is 10.1. The van der Waals surface area contributed by atoms with E-state index in [0.717, 1.165) is 37.4 Å². The smallest absolute Gasteiger partial charge is 0.220 e. The number of nitrogens with one attached hydrogen (secondary N) is 1. The van der Waals surface area contributed by atoms with Crippen LogP contribution < -0.4 is 5.32 Å². The van der Waals surface area contributed by atoms with Gasteiger partial charge in [0, 0.05) is 30.1 Å². The molecule has 1 heterocycles. The van der Waals surface area contributed by atoms with Crippen LogP contribution in [0.25, 0.3) is 0 Å². The van der Waals surface area contributed by atoms with E-state index in [0.29, 0.717) is 12.3 Å². The molecule has 0 bridgehead atoms. The van der Waals surface area contributed by atoms with Crippen LogP contribution in [-0.4, -0.2) is 28.0 Å². The van der Waals surface area contributed by atoms with E-state index in [1.54, 1.807) is 0 Å². The fourth-order valence-electron chi connectivity index (χ4n) is 2.95. The highest BCUT2D eigenvalue weighted by molar-refractivity contribution is 7.99. The van der Waals surface area contributed by atoms with Gasteiger partial charge < -0.3 is 5.32 Å². The Morgan fingerprint density at radius 2 is 1.96 bits per heavy atom. The standard InChI is InChI=1S/C21H31N3OS/c1-16(2)15-24-18(4)20(17(3)23-24)11-12-21(25)22-13-8-14-26-19-9-6-5-7-10-19/h5-7,9-10,16H,8,11-15H2,1-4H3,(H,22,25). The third-order valence-corrected chi connectivity index (χ3v) is 5.43. The average Bonchev–Trinajstić information content (AvgIpc) is 2.86. The van der Waals surface area contributed by atoms with Crippen molar-refractivity contribution in [3.05, 3.63) is 47.3 Å². The minimum absolute atomic E-state index is 0.130. The van der Waals surface area contributed by atoms with Crippen molar-refractivity contribution in [1.29, 1.82) is 0 Å². The maximum absolute atomic E-state index is 12.1. The van der Waals surface area contributed by atoms with E-state index in [2.05, 4.69) is 60.1 Å². The number of hydrogen-bond acceptors (Lipinski definition) is 3. The number of benzene rings is 1. The minimum atomic E-state index is 0.130. The van der Waals surface area contributed by atoms with Gasteiger partial charge in [-0.1, -0.05) is 32.0 Å². The van der Waals surface area contributed by atoms with E-state index in [9.17, 15) is 4.79 Å². The first-order chi connectivity index (χ1) is 12.5. The summed E-state index contributed by atoms with van der Waals surface area (Å²) in [6.07, 6.45) is 2.27. The third kappa shape index (κ3) is 6.52. The Morgan fingerprint density at radius 3 is 2.65 bits per heavy atom. The molecule has 4 nitrogen and oxygen atoms in total. The predicted molar refractivity (Wildman–Crippen MR) is 110 cm³/mol. The van der Waals surface area contributed by atoms with Crippen molar-refractivity contribution in [3.8, 4) is 0 Å². The van der Waals surface area contributed by atoms with Gasteiger partial charge in [0.05, 0.1) is 5.69 Å². The summed E-state index contributed by atoms with van der Waals surface area (Å²) >= 11 is 1.83. The lowest BCUT2D eigenvalue weighted by Gasteiger charge is -2.08. The minimum Gasteiger partial charge on any atom is -0.356 e. The number of rotatable bonds is 10. The Balaban J connectivity index is 1.68. The molecular formula is C21H31N3OS. The lowest BCUT2D eigenvalue weighted by molar-refractivity contribution is -0.121. The van der Waals surface area contributed by atoms with Crippen LogP contribution in [0.5, 0.6) is 0 Å². The fourth-order valence-corrected chi connectivity index (χ4v) is 3.83. The molecular weight excluding hydrogens is 342 g/mol. The second kappa shape index (κ2) is 10.4. The molecule has 0 unspecified atom stereocenters. The fraction of sp³-hybridized carbons (Fsp3) is 0.524. The Labute approximate surface area is 161 Å². The maximum atomic E-state index is 12.1. The van der Waals surface area contributed by atoms with Gasteiger partial charge in [-0.05, 0) is 56.1 Å². The molecule has 0 aliphatic heterocycles.